The van der Waals surface area contributed by atoms with Crippen molar-refractivity contribution in [2.75, 3.05) is 13.1 Å². The fourth-order valence-corrected chi connectivity index (χ4v) is 2.29. The van der Waals surface area contributed by atoms with E-state index in [0.717, 1.165) is 19.5 Å². The van der Waals surface area contributed by atoms with Crippen molar-refractivity contribution in [2.24, 2.45) is 5.41 Å². The maximum absolute atomic E-state index is 12.0. The summed E-state index contributed by atoms with van der Waals surface area (Å²) in [6.45, 7) is 8.39. The number of nitrogens with one attached hydrogen (secondary N) is 1. The van der Waals surface area contributed by atoms with E-state index in [0.29, 0.717) is 17.4 Å². The van der Waals surface area contributed by atoms with Gasteiger partial charge in [0.05, 0.1) is 6.04 Å². The Kier molecular flexibility index (Phi) is 2.75. The standard InChI is InChI=1S/C12H22N2O/c1-9(2)13-10-4-7-14(11(10)15)8-12(3)5-6-12/h9-10,13H,4-8H2,1-3H3. The predicted octanol–water partition coefficient (Wildman–Crippen LogP) is 1.39. The smallest absolute Gasteiger partial charge is 0.239 e. The van der Waals surface area contributed by atoms with Crippen LogP contribution in [0.1, 0.15) is 40.0 Å². The van der Waals surface area contributed by atoms with Crippen LogP contribution in [0.25, 0.3) is 0 Å². The highest BCUT2D eigenvalue weighted by Gasteiger charge is 2.42. The van der Waals surface area contributed by atoms with E-state index in [-0.39, 0.29) is 6.04 Å². The largest absolute Gasteiger partial charge is 0.341 e. The number of amides is 1. The summed E-state index contributed by atoms with van der Waals surface area (Å²) in [5, 5.41) is 3.34. The molecule has 1 aliphatic heterocycles. The van der Waals surface area contributed by atoms with Crippen molar-refractivity contribution in [2.45, 2.75) is 52.1 Å². The summed E-state index contributed by atoms with van der Waals surface area (Å²) in [6.07, 6.45) is 3.56. The van der Waals surface area contributed by atoms with E-state index in [4.69, 9.17) is 0 Å². The third kappa shape index (κ3) is 2.51. The van der Waals surface area contributed by atoms with E-state index in [1.165, 1.54) is 12.8 Å². The minimum atomic E-state index is 0.0762. The van der Waals surface area contributed by atoms with Gasteiger partial charge in [0.2, 0.25) is 5.91 Å². The van der Waals surface area contributed by atoms with Crippen molar-refractivity contribution in [3.63, 3.8) is 0 Å². The third-order valence-electron chi connectivity index (χ3n) is 3.51. The minimum Gasteiger partial charge on any atom is -0.341 e. The SMILES string of the molecule is CC(C)NC1CCN(CC2(C)CC2)C1=O. The monoisotopic (exact) mass is 210 g/mol. The number of nitrogens with zero attached hydrogens (tertiary/aromatic N) is 1. The summed E-state index contributed by atoms with van der Waals surface area (Å²) < 4.78 is 0. The maximum atomic E-state index is 12.0. The highest BCUT2D eigenvalue weighted by molar-refractivity contribution is 5.84. The first-order valence-electron chi connectivity index (χ1n) is 6.05. The molecule has 1 N–H and O–H groups in total. The molecule has 0 aromatic rings. The minimum absolute atomic E-state index is 0.0762. The van der Waals surface area contributed by atoms with Gasteiger partial charge in [-0.15, -0.1) is 0 Å². The zero-order chi connectivity index (χ0) is 11.1. The van der Waals surface area contributed by atoms with E-state index in [9.17, 15) is 4.79 Å². The van der Waals surface area contributed by atoms with Gasteiger partial charge < -0.3 is 10.2 Å². The van der Waals surface area contributed by atoms with Crippen molar-refractivity contribution in [3.8, 4) is 0 Å². The summed E-state index contributed by atoms with van der Waals surface area (Å²) >= 11 is 0. The van der Waals surface area contributed by atoms with Crippen LogP contribution < -0.4 is 5.32 Å². The first-order chi connectivity index (χ1) is 7.00. The van der Waals surface area contributed by atoms with Crippen LogP contribution in [0.15, 0.2) is 0 Å². The van der Waals surface area contributed by atoms with Gasteiger partial charge in [0.25, 0.3) is 0 Å². The van der Waals surface area contributed by atoms with Gasteiger partial charge in [-0.05, 0) is 24.7 Å². The normalized spacial score (nSPS) is 28.9. The average molecular weight is 210 g/mol. The molecule has 0 bridgehead atoms. The molecule has 2 aliphatic rings. The summed E-state index contributed by atoms with van der Waals surface area (Å²) in [7, 11) is 0. The quantitative estimate of drug-likeness (QED) is 0.760. The van der Waals surface area contributed by atoms with E-state index in [2.05, 4.69) is 26.1 Å². The Bertz CT molecular complexity index is 258. The Labute approximate surface area is 92.2 Å². The number of hydrogen-bond donors (Lipinski definition) is 1. The van der Waals surface area contributed by atoms with E-state index < -0.39 is 0 Å². The lowest BCUT2D eigenvalue weighted by Gasteiger charge is -2.21. The predicted molar refractivity (Wildman–Crippen MR) is 60.6 cm³/mol. The Morgan fingerprint density at radius 3 is 2.73 bits per heavy atom. The topological polar surface area (TPSA) is 32.3 Å². The van der Waals surface area contributed by atoms with Crippen LogP contribution in [0.3, 0.4) is 0 Å². The summed E-state index contributed by atoms with van der Waals surface area (Å²) in [5.74, 6) is 0.317. The van der Waals surface area contributed by atoms with Gasteiger partial charge in [-0.25, -0.2) is 0 Å². The number of hydrogen-bond acceptors (Lipinski definition) is 2. The van der Waals surface area contributed by atoms with Crippen LogP contribution >= 0.6 is 0 Å². The Morgan fingerprint density at radius 1 is 1.53 bits per heavy atom. The van der Waals surface area contributed by atoms with Crippen molar-refractivity contribution in [1.82, 2.24) is 10.2 Å². The molecule has 15 heavy (non-hydrogen) atoms. The molecule has 1 heterocycles. The molecule has 2 rings (SSSR count). The number of likely N-dealkylation sites (tertiary alicyclic amines) is 1. The van der Waals surface area contributed by atoms with Crippen molar-refractivity contribution in [1.29, 1.82) is 0 Å². The van der Waals surface area contributed by atoms with Crippen LogP contribution in [-0.2, 0) is 4.79 Å². The molecule has 1 unspecified atom stereocenters. The number of rotatable bonds is 4. The van der Waals surface area contributed by atoms with Crippen LogP contribution in [0, 0.1) is 5.41 Å². The van der Waals surface area contributed by atoms with Crippen LogP contribution in [0.2, 0.25) is 0 Å². The summed E-state index contributed by atoms with van der Waals surface area (Å²) in [6, 6.07) is 0.475. The molecular weight excluding hydrogens is 188 g/mol. The number of carbonyl (C=O) groups is 1. The van der Waals surface area contributed by atoms with Crippen LogP contribution in [0.5, 0.6) is 0 Å². The molecule has 2 fully saturated rings. The molecule has 0 spiro atoms. The van der Waals surface area contributed by atoms with E-state index in [1.807, 2.05) is 4.90 Å². The molecular formula is C12H22N2O. The average Bonchev–Trinajstić information content (AvgIpc) is 2.78. The number of carbonyl (C=O) groups excluding carboxylic acids is 1. The first kappa shape index (κ1) is 10.9. The summed E-state index contributed by atoms with van der Waals surface area (Å²) in [4.78, 5) is 14.1. The van der Waals surface area contributed by atoms with Gasteiger partial charge in [0, 0.05) is 19.1 Å². The molecule has 0 radical (unpaired) electrons. The molecule has 3 nitrogen and oxygen atoms in total. The van der Waals surface area contributed by atoms with Gasteiger partial charge in [0.15, 0.2) is 0 Å². The molecule has 0 aromatic carbocycles. The Balaban J connectivity index is 1.86. The zero-order valence-electron chi connectivity index (χ0n) is 10.0. The van der Waals surface area contributed by atoms with Gasteiger partial charge >= 0.3 is 0 Å². The molecule has 1 aliphatic carbocycles. The van der Waals surface area contributed by atoms with Gasteiger partial charge in [-0.1, -0.05) is 20.8 Å². The fourth-order valence-electron chi connectivity index (χ4n) is 2.29. The molecule has 3 heteroatoms. The van der Waals surface area contributed by atoms with Gasteiger partial charge in [-0.2, -0.15) is 0 Å². The Hall–Kier alpha value is -0.570. The van der Waals surface area contributed by atoms with E-state index in [1.54, 1.807) is 0 Å². The Morgan fingerprint density at radius 2 is 2.20 bits per heavy atom. The second kappa shape index (κ2) is 3.78. The van der Waals surface area contributed by atoms with Gasteiger partial charge in [-0.3, -0.25) is 4.79 Å². The second-order valence-corrected chi connectivity index (χ2v) is 5.73. The molecule has 86 valence electrons. The third-order valence-corrected chi connectivity index (χ3v) is 3.51. The summed E-state index contributed by atoms with van der Waals surface area (Å²) in [5.41, 5.74) is 0.447. The van der Waals surface area contributed by atoms with Crippen LogP contribution in [0.4, 0.5) is 0 Å². The highest BCUT2D eigenvalue weighted by atomic mass is 16.2. The lowest BCUT2D eigenvalue weighted by atomic mass is 10.1. The van der Waals surface area contributed by atoms with Gasteiger partial charge in [0.1, 0.15) is 0 Å². The fraction of sp³-hybridized carbons (Fsp3) is 0.917. The molecule has 1 saturated heterocycles. The van der Waals surface area contributed by atoms with Crippen LogP contribution in [-0.4, -0.2) is 36.0 Å². The van der Waals surface area contributed by atoms with Crippen molar-refractivity contribution < 1.29 is 4.79 Å². The first-order valence-corrected chi connectivity index (χ1v) is 6.05. The zero-order valence-corrected chi connectivity index (χ0v) is 10.0. The molecule has 0 aromatic heterocycles. The molecule has 1 atom stereocenters. The maximum Gasteiger partial charge on any atom is 0.239 e. The van der Waals surface area contributed by atoms with Crippen molar-refractivity contribution in [3.05, 3.63) is 0 Å². The van der Waals surface area contributed by atoms with Crippen molar-refractivity contribution >= 4 is 5.91 Å². The van der Waals surface area contributed by atoms with E-state index >= 15 is 0 Å². The lowest BCUT2D eigenvalue weighted by molar-refractivity contribution is -0.130. The second-order valence-electron chi connectivity index (χ2n) is 5.73. The molecule has 1 saturated carbocycles. The lowest BCUT2D eigenvalue weighted by Crippen LogP contribution is -2.42. The highest BCUT2D eigenvalue weighted by Crippen LogP contribution is 2.45. The molecule has 1 amide bonds.